The number of benzene rings is 2. The molecule has 0 fully saturated rings. The van der Waals surface area contributed by atoms with Gasteiger partial charge in [0.05, 0.1) is 17.8 Å². The molecule has 0 unspecified atom stereocenters. The van der Waals surface area contributed by atoms with Crippen LogP contribution < -0.4 is 10.1 Å². The average molecular weight is 399 g/mol. The van der Waals surface area contributed by atoms with Crippen LogP contribution in [0.2, 0.25) is 0 Å². The summed E-state index contributed by atoms with van der Waals surface area (Å²) in [5.74, 6) is -0.945. The minimum Gasteiger partial charge on any atom is -0.492 e. The maximum absolute atomic E-state index is 13.0. The largest absolute Gasteiger partial charge is 0.492 e. The van der Waals surface area contributed by atoms with Crippen molar-refractivity contribution in [1.29, 1.82) is 0 Å². The van der Waals surface area contributed by atoms with Gasteiger partial charge in [-0.05, 0) is 54.8 Å². The SMILES string of the molecule is O=C(O)c1cnc(NCCOc2ccc(F)cc2)nc1CCc1ccc(F)cc1. The zero-order chi connectivity index (χ0) is 20.6. The monoisotopic (exact) mass is 399 g/mol. The minimum atomic E-state index is -1.11. The Morgan fingerprint density at radius 1 is 1.00 bits per heavy atom. The number of carbonyl (C=O) groups is 1. The number of rotatable bonds is 9. The number of hydrogen-bond acceptors (Lipinski definition) is 5. The van der Waals surface area contributed by atoms with Crippen molar-refractivity contribution in [2.45, 2.75) is 12.8 Å². The number of halogens is 2. The number of carboxylic acid groups (broad SMARTS) is 1. The first kappa shape index (κ1) is 20.2. The van der Waals surface area contributed by atoms with Crippen LogP contribution in [0.4, 0.5) is 14.7 Å². The molecule has 0 atom stereocenters. The van der Waals surface area contributed by atoms with Crippen molar-refractivity contribution in [3.8, 4) is 5.75 Å². The summed E-state index contributed by atoms with van der Waals surface area (Å²) in [6, 6.07) is 11.7. The number of aromatic carboxylic acids is 1. The highest BCUT2D eigenvalue weighted by molar-refractivity contribution is 5.88. The Balaban J connectivity index is 1.58. The molecule has 0 aliphatic heterocycles. The van der Waals surface area contributed by atoms with E-state index in [0.29, 0.717) is 37.4 Å². The number of aryl methyl sites for hydroxylation is 2. The minimum absolute atomic E-state index is 0.0280. The van der Waals surface area contributed by atoms with E-state index in [9.17, 15) is 18.7 Å². The molecular formula is C21H19F2N3O3. The molecule has 1 aromatic heterocycles. The molecule has 150 valence electrons. The quantitative estimate of drug-likeness (QED) is 0.534. The zero-order valence-electron chi connectivity index (χ0n) is 15.4. The highest BCUT2D eigenvalue weighted by Gasteiger charge is 2.14. The molecule has 1 heterocycles. The fourth-order valence-electron chi connectivity index (χ4n) is 2.65. The maximum atomic E-state index is 13.0. The van der Waals surface area contributed by atoms with Gasteiger partial charge in [0.15, 0.2) is 0 Å². The molecule has 6 nitrogen and oxygen atoms in total. The van der Waals surface area contributed by atoms with Crippen molar-refractivity contribution in [3.63, 3.8) is 0 Å². The summed E-state index contributed by atoms with van der Waals surface area (Å²) in [6.07, 6.45) is 2.15. The Kier molecular flexibility index (Phi) is 6.67. The average Bonchev–Trinajstić information content (AvgIpc) is 2.72. The molecule has 0 aliphatic carbocycles. The molecule has 3 aromatic rings. The standard InChI is InChI=1S/C21H19F2N3O3/c22-15-4-1-14(2-5-15)3-10-19-18(20(27)28)13-25-21(26-19)24-11-12-29-17-8-6-16(23)7-9-17/h1-2,4-9,13H,3,10-12H2,(H,27,28)(H,24,25,26). The lowest BCUT2D eigenvalue weighted by Gasteiger charge is -2.10. The van der Waals surface area contributed by atoms with Crippen LogP contribution in [0.25, 0.3) is 0 Å². The van der Waals surface area contributed by atoms with E-state index in [1.807, 2.05) is 0 Å². The van der Waals surface area contributed by atoms with E-state index in [1.165, 1.54) is 42.6 Å². The Labute approximate surface area is 166 Å². The number of carboxylic acids is 1. The van der Waals surface area contributed by atoms with Crippen LogP contribution in [0, 0.1) is 11.6 Å². The molecule has 0 saturated heterocycles. The van der Waals surface area contributed by atoms with Gasteiger partial charge in [0.25, 0.3) is 0 Å². The molecule has 0 radical (unpaired) electrons. The van der Waals surface area contributed by atoms with Crippen LogP contribution in [-0.4, -0.2) is 34.2 Å². The summed E-state index contributed by atoms with van der Waals surface area (Å²) in [5.41, 5.74) is 1.29. The zero-order valence-corrected chi connectivity index (χ0v) is 15.4. The van der Waals surface area contributed by atoms with Crippen LogP contribution in [-0.2, 0) is 12.8 Å². The normalized spacial score (nSPS) is 10.6. The number of nitrogens with zero attached hydrogens (tertiary/aromatic N) is 2. The van der Waals surface area contributed by atoms with Crippen molar-refractivity contribution in [2.24, 2.45) is 0 Å². The van der Waals surface area contributed by atoms with Crippen molar-refractivity contribution >= 4 is 11.9 Å². The van der Waals surface area contributed by atoms with Crippen molar-refractivity contribution < 1.29 is 23.4 Å². The number of ether oxygens (including phenoxy) is 1. The van der Waals surface area contributed by atoms with Gasteiger partial charge < -0.3 is 15.2 Å². The molecule has 29 heavy (non-hydrogen) atoms. The van der Waals surface area contributed by atoms with Crippen LogP contribution in [0.1, 0.15) is 21.6 Å². The molecule has 2 N–H and O–H groups in total. The molecule has 0 spiro atoms. The fraction of sp³-hybridized carbons (Fsp3) is 0.190. The number of aromatic nitrogens is 2. The van der Waals surface area contributed by atoms with Crippen molar-refractivity contribution in [1.82, 2.24) is 9.97 Å². The van der Waals surface area contributed by atoms with Gasteiger partial charge in [-0.15, -0.1) is 0 Å². The first-order chi connectivity index (χ1) is 14.0. The lowest BCUT2D eigenvalue weighted by Crippen LogP contribution is -2.15. The predicted octanol–water partition coefficient (Wildman–Crippen LogP) is 3.73. The summed E-state index contributed by atoms with van der Waals surface area (Å²) in [4.78, 5) is 19.8. The second-order valence-electron chi connectivity index (χ2n) is 6.21. The summed E-state index contributed by atoms with van der Waals surface area (Å²) in [6.45, 7) is 0.668. The van der Waals surface area contributed by atoms with Gasteiger partial charge in [0.2, 0.25) is 5.95 Å². The predicted molar refractivity (Wildman–Crippen MR) is 103 cm³/mol. The highest BCUT2D eigenvalue weighted by Crippen LogP contribution is 2.14. The molecule has 8 heteroatoms. The first-order valence-corrected chi connectivity index (χ1v) is 8.97. The lowest BCUT2D eigenvalue weighted by atomic mass is 10.1. The van der Waals surface area contributed by atoms with Gasteiger partial charge >= 0.3 is 5.97 Å². The van der Waals surface area contributed by atoms with E-state index < -0.39 is 5.97 Å². The molecule has 0 bridgehead atoms. The number of nitrogens with one attached hydrogen (secondary N) is 1. The van der Waals surface area contributed by atoms with E-state index in [2.05, 4.69) is 15.3 Å². The van der Waals surface area contributed by atoms with E-state index in [0.717, 1.165) is 5.56 Å². The maximum Gasteiger partial charge on any atom is 0.339 e. The molecule has 2 aromatic carbocycles. The van der Waals surface area contributed by atoms with Crippen LogP contribution >= 0.6 is 0 Å². The van der Waals surface area contributed by atoms with Gasteiger partial charge in [0.1, 0.15) is 24.0 Å². The molecule has 0 saturated carbocycles. The molecule has 0 aliphatic rings. The van der Waals surface area contributed by atoms with Crippen LogP contribution in [0.5, 0.6) is 5.75 Å². The van der Waals surface area contributed by atoms with Crippen molar-refractivity contribution in [2.75, 3.05) is 18.5 Å². The first-order valence-electron chi connectivity index (χ1n) is 8.97. The third-order valence-corrected chi connectivity index (χ3v) is 4.13. The van der Waals surface area contributed by atoms with Gasteiger partial charge in [-0.2, -0.15) is 0 Å². The number of anilines is 1. The lowest BCUT2D eigenvalue weighted by molar-refractivity contribution is 0.0694. The molecule has 0 amide bonds. The summed E-state index contributed by atoms with van der Waals surface area (Å²) in [7, 11) is 0. The van der Waals surface area contributed by atoms with Gasteiger partial charge in [-0.25, -0.2) is 23.5 Å². The Hall–Kier alpha value is -3.55. The summed E-state index contributed by atoms with van der Waals surface area (Å²) >= 11 is 0. The third-order valence-electron chi connectivity index (χ3n) is 4.13. The summed E-state index contributed by atoms with van der Waals surface area (Å²) in [5, 5.41) is 12.3. The Morgan fingerprint density at radius 2 is 1.66 bits per heavy atom. The Bertz CT molecular complexity index is 964. The van der Waals surface area contributed by atoms with E-state index >= 15 is 0 Å². The van der Waals surface area contributed by atoms with Gasteiger partial charge in [0, 0.05) is 6.20 Å². The van der Waals surface area contributed by atoms with Gasteiger partial charge in [-0.3, -0.25) is 0 Å². The van der Waals surface area contributed by atoms with E-state index in [4.69, 9.17) is 4.74 Å². The second-order valence-corrected chi connectivity index (χ2v) is 6.21. The molecule has 3 rings (SSSR count). The summed E-state index contributed by atoms with van der Waals surface area (Å²) < 4.78 is 31.4. The van der Waals surface area contributed by atoms with E-state index in [1.54, 1.807) is 12.1 Å². The number of hydrogen-bond donors (Lipinski definition) is 2. The smallest absolute Gasteiger partial charge is 0.339 e. The van der Waals surface area contributed by atoms with Crippen molar-refractivity contribution in [3.05, 3.63) is 83.2 Å². The second kappa shape index (κ2) is 9.59. The van der Waals surface area contributed by atoms with Crippen LogP contribution in [0.3, 0.4) is 0 Å². The fourth-order valence-corrected chi connectivity index (χ4v) is 2.65. The topological polar surface area (TPSA) is 84.3 Å². The Morgan fingerprint density at radius 3 is 2.31 bits per heavy atom. The molecular weight excluding hydrogens is 380 g/mol. The third kappa shape index (κ3) is 5.97. The van der Waals surface area contributed by atoms with E-state index in [-0.39, 0.29) is 23.1 Å². The highest BCUT2D eigenvalue weighted by atomic mass is 19.1. The van der Waals surface area contributed by atoms with Gasteiger partial charge in [-0.1, -0.05) is 12.1 Å². The van der Waals surface area contributed by atoms with Crippen LogP contribution in [0.15, 0.2) is 54.7 Å².